The molecule has 26 heavy (non-hydrogen) atoms. The number of aryl methyl sites for hydroxylation is 1. The Morgan fingerprint density at radius 1 is 1.38 bits per heavy atom. The van der Waals surface area contributed by atoms with Crippen molar-refractivity contribution in [1.29, 1.82) is 0 Å². The number of nitrogens with zero attached hydrogens (tertiary/aromatic N) is 2. The summed E-state index contributed by atoms with van der Waals surface area (Å²) in [6.45, 7) is 3.53. The number of hydrogen-bond donors (Lipinski definition) is 2. The van der Waals surface area contributed by atoms with E-state index in [1.165, 1.54) is 4.88 Å². The van der Waals surface area contributed by atoms with Gasteiger partial charge in [-0.2, -0.15) is 0 Å². The number of thiazole rings is 1. The van der Waals surface area contributed by atoms with Crippen LogP contribution in [0.3, 0.4) is 0 Å². The summed E-state index contributed by atoms with van der Waals surface area (Å²) in [5.74, 6) is 0.747. The molecule has 1 heterocycles. The number of benzene rings is 1. The van der Waals surface area contributed by atoms with Crippen LogP contribution >= 0.6 is 46.9 Å². The molecule has 0 fully saturated rings. The van der Waals surface area contributed by atoms with Crippen molar-refractivity contribution in [2.45, 2.75) is 25.9 Å². The lowest BCUT2D eigenvalue weighted by molar-refractivity contribution is 0.106. The molecule has 0 radical (unpaired) electrons. The van der Waals surface area contributed by atoms with Gasteiger partial charge < -0.3 is 15.4 Å². The number of hydrogen-bond acceptors (Lipinski definition) is 4. The van der Waals surface area contributed by atoms with Crippen molar-refractivity contribution >= 4 is 52.9 Å². The lowest BCUT2D eigenvalue weighted by atomic mass is 10.1. The van der Waals surface area contributed by atoms with Gasteiger partial charge in [-0.25, -0.2) is 4.98 Å². The minimum atomic E-state index is -0.0941. The molecule has 0 bridgehead atoms. The van der Waals surface area contributed by atoms with Gasteiger partial charge >= 0.3 is 0 Å². The zero-order valence-corrected chi connectivity index (χ0v) is 19.2. The van der Waals surface area contributed by atoms with E-state index in [1.807, 2.05) is 30.5 Å². The van der Waals surface area contributed by atoms with E-state index in [1.54, 1.807) is 25.5 Å². The lowest BCUT2D eigenvalue weighted by Crippen LogP contribution is -2.40. The average molecular weight is 509 g/mol. The van der Waals surface area contributed by atoms with E-state index >= 15 is 0 Å². The van der Waals surface area contributed by atoms with Crippen LogP contribution in [0.15, 0.2) is 35.5 Å². The van der Waals surface area contributed by atoms with E-state index in [-0.39, 0.29) is 30.1 Å². The quantitative estimate of drug-likeness (QED) is 0.321. The van der Waals surface area contributed by atoms with E-state index in [0.29, 0.717) is 11.6 Å². The molecule has 2 rings (SSSR count). The summed E-state index contributed by atoms with van der Waals surface area (Å²) in [5, 5.41) is 8.46. The van der Waals surface area contributed by atoms with Gasteiger partial charge in [-0.3, -0.25) is 4.99 Å². The van der Waals surface area contributed by atoms with Gasteiger partial charge in [0.05, 0.1) is 11.1 Å². The van der Waals surface area contributed by atoms with Crippen LogP contribution in [0.25, 0.3) is 0 Å². The van der Waals surface area contributed by atoms with Crippen LogP contribution < -0.4 is 10.6 Å². The first-order valence-electron chi connectivity index (χ1n) is 8.32. The molecule has 1 unspecified atom stereocenters. The zero-order valence-electron chi connectivity index (χ0n) is 15.3. The van der Waals surface area contributed by atoms with Crippen molar-refractivity contribution in [2.75, 3.05) is 27.2 Å². The van der Waals surface area contributed by atoms with Crippen molar-refractivity contribution in [3.8, 4) is 0 Å². The van der Waals surface area contributed by atoms with Crippen LogP contribution in [0.2, 0.25) is 5.02 Å². The number of halogens is 2. The van der Waals surface area contributed by atoms with Gasteiger partial charge in [-0.05, 0) is 24.1 Å². The lowest BCUT2D eigenvalue weighted by Gasteiger charge is -2.19. The fourth-order valence-corrected chi connectivity index (χ4v) is 3.43. The summed E-state index contributed by atoms with van der Waals surface area (Å²) in [4.78, 5) is 10.0. The maximum Gasteiger partial charge on any atom is 0.191 e. The Hall–Kier alpha value is -0.900. The predicted molar refractivity (Wildman–Crippen MR) is 121 cm³/mol. The largest absolute Gasteiger partial charge is 0.375 e. The SMILES string of the molecule is CCc1cnc(CCNC(=NC)NCC(OC)c2cccc(Cl)c2)s1.I. The number of aliphatic imine (C=N–C) groups is 1. The molecule has 5 nitrogen and oxygen atoms in total. The minimum Gasteiger partial charge on any atom is -0.375 e. The Bertz CT molecular complexity index is 695. The van der Waals surface area contributed by atoms with Crippen LogP contribution in [-0.2, 0) is 17.6 Å². The van der Waals surface area contributed by atoms with Gasteiger partial charge in [0.2, 0.25) is 0 Å². The van der Waals surface area contributed by atoms with Crippen molar-refractivity contribution < 1.29 is 4.74 Å². The second kappa shape index (κ2) is 12.5. The van der Waals surface area contributed by atoms with Gasteiger partial charge in [0.15, 0.2) is 5.96 Å². The molecule has 1 atom stereocenters. The Morgan fingerprint density at radius 2 is 2.19 bits per heavy atom. The summed E-state index contributed by atoms with van der Waals surface area (Å²) in [6.07, 6.45) is 3.79. The van der Waals surface area contributed by atoms with Crippen LogP contribution in [0.1, 0.15) is 28.5 Å². The highest BCUT2D eigenvalue weighted by Gasteiger charge is 2.11. The molecule has 2 aromatic rings. The molecular weight excluding hydrogens is 483 g/mol. The predicted octanol–water partition coefficient (Wildman–Crippen LogP) is 4.07. The van der Waals surface area contributed by atoms with Crippen molar-refractivity contribution in [1.82, 2.24) is 15.6 Å². The second-order valence-electron chi connectivity index (χ2n) is 5.48. The highest BCUT2D eigenvalue weighted by molar-refractivity contribution is 14.0. The maximum absolute atomic E-state index is 6.06. The summed E-state index contributed by atoms with van der Waals surface area (Å²) in [7, 11) is 3.45. The smallest absolute Gasteiger partial charge is 0.191 e. The molecule has 0 saturated carbocycles. The first-order chi connectivity index (χ1) is 12.2. The summed E-state index contributed by atoms with van der Waals surface area (Å²) in [5.41, 5.74) is 1.04. The molecule has 1 aromatic carbocycles. The fourth-order valence-electron chi connectivity index (χ4n) is 2.37. The third kappa shape index (κ3) is 7.38. The molecule has 0 aliphatic heterocycles. The number of methoxy groups -OCH3 is 1. The standard InChI is InChI=1S/C18H25ClN4OS.HI/c1-4-15-11-22-17(25-15)8-9-21-18(20-2)23-12-16(24-3)13-6-5-7-14(19)10-13;/h5-7,10-11,16H,4,8-9,12H2,1-3H3,(H2,20,21,23);1H. The van der Waals surface area contributed by atoms with Crippen molar-refractivity contribution in [3.63, 3.8) is 0 Å². The van der Waals surface area contributed by atoms with Crippen LogP contribution in [0, 0.1) is 0 Å². The van der Waals surface area contributed by atoms with E-state index < -0.39 is 0 Å². The highest BCUT2D eigenvalue weighted by atomic mass is 127. The van der Waals surface area contributed by atoms with Crippen molar-refractivity contribution in [3.05, 3.63) is 50.9 Å². The molecule has 144 valence electrons. The molecule has 1 aromatic heterocycles. The average Bonchev–Trinajstić information content (AvgIpc) is 3.08. The summed E-state index contributed by atoms with van der Waals surface area (Å²) >= 11 is 7.83. The van der Waals surface area contributed by atoms with E-state index in [2.05, 4.69) is 27.5 Å². The van der Waals surface area contributed by atoms with Gasteiger partial charge in [-0.1, -0.05) is 30.7 Å². The highest BCUT2D eigenvalue weighted by Crippen LogP contribution is 2.19. The molecule has 0 aliphatic carbocycles. The Morgan fingerprint density at radius 3 is 2.81 bits per heavy atom. The minimum absolute atomic E-state index is 0. The molecular formula is C18H26ClIN4OS. The molecule has 0 aliphatic rings. The number of guanidine groups is 1. The first kappa shape index (κ1) is 23.1. The van der Waals surface area contributed by atoms with Gasteiger partial charge in [0.25, 0.3) is 0 Å². The zero-order chi connectivity index (χ0) is 18.1. The molecule has 0 spiro atoms. The summed E-state index contributed by atoms with van der Waals surface area (Å²) in [6, 6.07) is 7.71. The van der Waals surface area contributed by atoms with Crippen LogP contribution in [0.4, 0.5) is 0 Å². The van der Waals surface area contributed by atoms with Gasteiger partial charge in [0, 0.05) is 49.8 Å². The second-order valence-corrected chi connectivity index (χ2v) is 7.12. The number of rotatable bonds is 8. The van der Waals surface area contributed by atoms with Gasteiger partial charge in [-0.15, -0.1) is 35.3 Å². The number of nitrogens with one attached hydrogen (secondary N) is 2. The van der Waals surface area contributed by atoms with E-state index in [4.69, 9.17) is 16.3 Å². The van der Waals surface area contributed by atoms with Gasteiger partial charge in [0.1, 0.15) is 0 Å². The normalized spacial score (nSPS) is 12.4. The Labute approximate surface area is 181 Å². The molecule has 8 heteroatoms. The van der Waals surface area contributed by atoms with Crippen molar-refractivity contribution in [2.24, 2.45) is 4.99 Å². The Kier molecular flexibility index (Phi) is 11.1. The number of aromatic nitrogens is 1. The molecule has 0 amide bonds. The van der Waals surface area contributed by atoms with Crippen LogP contribution in [-0.4, -0.2) is 38.2 Å². The summed E-state index contributed by atoms with van der Waals surface area (Å²) < 4.78 is 5.56. The van der Waals surface area contributed by atoms with E-state index in [0.717, 1.165) is 35.9 Å². The third-order valence-electron chi connectivity index (χ3n) is 3.76. The Balaban J connectivity index is 0.00000338. The van der Waals surface area contributed by atoms with E-state index in [9.17, 15) is 0 Å². The topological polar surface area (TPSA) is 58.5 Å². The van der Waals surface area contributed by atoms with Crippen LogP contribution in [0.5, 0.6) is 0 Å². The third-order valence-corrected chi connectivity index (χ3v) is 5.20. The first-order valence-corrected chi connectivity index (χ1v) is 9.52. The number of ether oxygens (including phenoxy) is 1. The maximum atomic E-state index is 6.06. The molecule has 2 N–H and O–H groups in total. The monoisotopic (exact) mass is 508 g/mol. The fraction of sp³-hybridized carbons (Fsp3) is 0.444. The molecule has 0 saturated heterocycles.